The number of hydrogen-bond acceptors (Lipinski definition) is 7. The Bertz CT molecular complexity index is 1950. The summed E-state index contributed by atoms with van der Waals surface area (Å²) in [5.74, 6) is -3.37. The van der Waals surface area contributed by atoms with E-state index in [9.17, 15) is 31.9 Å². The van der Waals surface area contributed by atoms with Crippen molar-refractivity contribution in [3.63, 3.8) is 0 Å². The van der Waals surface area contributed by atoms with Gasteiger partial charge in [0, 0.05) is 24.8 Å². The second-order valence-corrected chi connectivity index (χ2v) is 10.4. The Kier molecular flexibility index (Phi) is 10.1. The number of nitrogens with one attached hydrogen (secondary N) is 2. The predicted molar refractivity (Wildman–Crippen MR) is 167 cm³/mol. The lowest BCUT2D eigenvalue weighted by Gasteiger charge is -2.21. The van der Waals surface area contributed by atoms with Crippen molar-refractivity contribution < 1.29 is 31.5 Å². The summed E-state index contributed by atoms with van der Waals surface area (Å²) in [6, 6.07) is 11.5. The molecular weight excluding hydrogens is 629 g/mol. The summed E-state index contributed by atoms with van der Waals surface area (Å²) in [5.41, 5.74) is 1.18. The van der Waals surface area contributed by atoms with Gasteiger partial charge in [0.1, 0.15) is 17.2 Å². The molecule has 0 aliphatic carbocycles. The Morgan fingerprint density at radius 2 is 1.68 bits per heavy atom. The van der Waals surface area contributed by atoms with E-state index in [0.717, 1.165) is 25.3 Å². The lowest BCUT2D eigenvalue weighted by molar-refractivity contribution is -0.138. The molecule has 0 saturated carbocycles. The lowest BCUT2D eigenvalue weighted by atomic mass is 10.1. The molecule has 47 heavy (non-hydrogen) atoms. The number of aliphatic imine (C=N–C) groups is 1. The average Bonchev–Trinajstić information content (AvgIpc) is 3.00. The van der Waals surface area contributed by atoms with E-state index in [-0.39, 0.29) is 23.7 Å². The van der Waals surface area contributed by atoms with Gasteiger partial charge in [-0.25, -0.2) is 22.9 Å². The normalized spacial score (nSPS) is 11.9. The highest BCUT2D eigenvalue weighted by Crippen LogP contribution is 2.34. The first kappa shape index (κ1) is 34.4. The summed E-state index contributed by atoms with van der Waals surface area (Å²) < 4.78 is 78.3. The highest BCUT2D eigenvalue weighted by Gasteiger charge is 2.35. The summed E-state index contributed by atoms with van der Waals surface area (Å²) >= 11 is 0. The van der Waals surface area contributed by atoms with Crippen molar-refractivity contribution in [3.8, 4) is 11.4 Å². The predicted octanol–water partition coefficient (Wildman–Crippen LogP) is 4.37. The zero-order valence-electron chi connectivity index (χ0n) is 25.6. The molecule has 4 rings (SSSR count). The molecule has 0 aliphatic rings. The number of alkyl halides is 3. The first-order valence-electron chi connectivity index (χ1n) is 13.8. The first-order chi connectivity index (χ1) is 22.2. The summed E-state index contributed by atoms with van der Waals surface area (Å²) in [5, 5.41) is 4.98. The number of carbonyl (C=O) groups excluding carboxylic acids is 1. The molecule has 4 aromatic rings. The van der Waals surface area contributed by atoms with Gasteiger partial charge in [0.2, 0.25) is 0 Å². The molecule has 248 valence electrons. The van der Waals surface area contributed by atoms with E-state index in [0.29, 0.717) is 20.9 Å². The van der Waals surface area contributed by atoms with E-state index < -0.39 is 69.8 Å². The van der Waals surface area contributed by atoms with E-state index in [2.05, 4.69) is 15.6 Å². The van der Waals surface area contributed by atoms with Crippen molar-refractivity contribution in [2.75, 3.05) is 45.8 Å². The van der Waals surface area contributed by atoms with Crippen LogP contribution < -0.4 is 32.4 Å². The van der Waals surface area contributed by atoms with Crippen molar-refractivity contribution in [3.05, 3.63) is 110 Å². The average molecular weight is 660 g/mol. The Hall–Kier alpha value is -5.51. The number of nitrogens with two attached hydrogens (primary N) is 1. The van der Waals surface area contributed by atoms with Gasteiger partial charge >= 0.3 is 17.9 Å². The Morgan fingerprint density at radius 3 is 2.28 bits per heavy atom. The van der Waals surface area contributed by atoms with Crippen molar-refractivity contribution in [1.82, 2.24) is 19.4 Å². The molecule has 0 saturated heterocycles. The molecule has 1 heterocycles. The number of carbonyl (C=O) groups is 1. The van der Waals surface area contributed by atoms with Crippen LogP contribution in [0.3, 0.4) is 0 Å². The molecule has 11 nitrogen and oxygen atoms in total. The molecule has 16 heteroatoms. The van der Waals surface area contributed by atoms with E-state index in [4.69, 9.17) is 10.5 Å². The Labute approximate surface area is 264 Å². The van der Waals surface area contributed by atoms with Crippen LogP contribution in [-0.2, 0) is 12.7 Å². The van der Waals surface area contributed by atoms with Crippen molar-refractivity contribution in [2.45, 2.75) is 12.7 Å². The van der Waals surface area contributed by atoms with Crippen LogP contribution >= 0.6 is 0 Å². The number of methoxy groups -OCH3 is 1. The fourth-order valence-corrected chi connectivity index (χ4v) is 4.71. The number of ether oxygens (including phenoxy) is 1. The van der Waals surface area contributed by atoms with E-state index in [1.54, 1.807) is 19.0 Å². The topological polar surface area (TPSA) is 136 Å². The minimum Gasteiger partial charge on any atom is -0.494 e. The third-order valence-electron chi connectivity index (χ3n) is 6.90. The van der Waals surface area contributed by atoms with Gasteiger partial charge in [-0.15, -0.1) is 0 Å². The number of amides is 2. The molecule has 0 unspecified atom stereocenters. The van der Waals surface area contributed by atoms with Crippen LogP contribution in [0.4, 0.5) is 43.9 Å². The second-order valence-electron chi connectivity index (χ2n) is 10.4. The zero-order valence-corrected chi connectivity index (χ0v) is 25.6. The van der Waals surface area contributed by atoms with Gasteiger partial charge in [-0.1, -0.05) is 12.1 Å². The number of nitrogen functional groups attached to an aromatic ring is 1. The third-order valence-corrected chi connectivity index (χ3v) is 6.90. The minimum atomic E-state index is -5.01. The molecular formula is C31H30F5N7O4. The Balaban J connectivity index is 2.06. The number of anilines is 2. The lowest BCUT2D eigenvalue weighted by Crippen LogP contribution is -2.45. The summed E-state index contributed by atoms with van der Waals surface area (Å²) in [4.78, 5) is 45.8. The molecule has 0 bridgehead atoms. The second kappa shape index (κ2) is 13.9. The molecule has 0 aliphatic heterocycles. The monoisotopic (exact) mass is 659 g/mol. The maximum absolute atomic E-state index is 15.6. The van der Waals surface area contributed by atoms with Crippen molar-refractivity contribution in [2.24, 2.45) is 4.99 Å². The SMILES string of the molecule is CNC(=O)Nc1ccc(N=C(CN(C)C)c2c(N)n(Cc3c(F)cccc3C(F)(F)F)c(=O)n(-c3cccc(OC)c3F)c2=O)cc1. The maximum atomic E-state index is 15.6. The van der Waals surface area contributed by atoms with Crippen molar-refractivity contribution in [1.29, 1.82) is 0 Å². The summed E-state index contributed by atoms with van der Waals surface area (Å²) in [6.45, 7) is -1.16. The largest absolute Gasteiger partial charge is 0.494 e. The van der Waals surface area contributed by atoms with Gasteiger partial charge in [0.05, 0.1) is 36.3 Å². The molecule has 1 aromatic heterocycles. The molecule has 2 amide bonds. The molecule has 0 fully saturated rings. The van der Waals surface area contributed by atoms with Gasteiger partial charge in [0.25, 0.3) is 5.56 Å². The van der Waals surface area contributed by atoms with Gasteiger partial charge in [-0.05, 0) is 62.6 Å². The number of nitrogens with zero attached hydrogens (tertiary/aromatic N) is 4. The first-order valence-corrected chi connectivity index (χ1v) is 13.8. The summed E-state index contributed by atoms with van der Waals surface area (Å²) in [7, 11) is 5.86. The van der Waals surface area contributed by atoms with E-state index >= 15 is 4.39 Å². The van der Waals surface area contributed by atoms with Gasteiger partial charge in [-0.2, -0.15) is 13.2 Å². The highest BCUT2D eigenvalue weighted by atomic mass is 19.4. The van der Waals surface area contributed by atoms with Crippen LogP contribution in [0.1, 0.15) is 16.7 Å². The fourth-order valence-electron chi connectivity index (χ4n) is 4.71. The zero-order chi connectivity index (χ0) is 34.6. The smallest absolute Gasteiger partial charge is 0.416 e. The van der Waals surface area contributed by atoms with Crippen LogP contribution in [0, 0.1) is 11.6 Å². The molecule has 4 N–H and O–H groups in total. The van der Waals surface area contributed by atoms with E-state index in [1.807, 2.05) is 0 Å². The van der Waals surface area contributed by atoms with Gasteiger partial charge in [0.15, 0.2) is 11.6 Å². The standard InChI is InChI=1S/C31H30F5N7O4/c1-38-29(45)40-18-13-11-17(12-14-18)39-22(16-41(2)3)25-27(37)42(15-19-20(31(34,35)36)7-5-8-21(19)32)30(46)43(28(25)44)23-9-6-10-24(47-4)26(23)33/h5-14H,15-16,37H2,1-4H3,(H2,38,40,45). The van der Waals surface area contributed by atoms with Crippen LogP contribution in [-0.4, -0.2) is 60.6 Å². The minimum absolute atomic E-state index is 0.0557. The number of likely N-dealkylation sites (N-methyl/N-ethyl adjacent to an activating group) is 1. The third kappa shape index (κ3) is 7.33. The van der Waals surface area contributed by atoms with Gasteiger partial charge in [-0.3, -0.25) is 14.4 Å². The number of benzene rings is 3. The number of rotatable bonds is 9. The number of hydrogen-bond donors (Lipinski definition) is 3. The van der Waals surface area contributed by atoms with Crippen LogP contribution in [0.25, 0.3) is 5.69 Å². The number of halogens is 5. The maximum Gasteiger partial charge on any atom is 0.416 e. The molecule has 0 spiro atoms. The molecule has 0 atom stereocenters. The Morgan fingerprint density at radius 1 is 1.02 bits per heavy atom. The van der Waals surface area contributed by atoms with Crippen LogP contribution in [0.5, 0.6) is 5.75 Å². The molecule has 3 aromatic carbocycles. The number of aromatic nitrogens is 2. The van der Waals surface area contributed by atoms with E-state index in [1.165, 1.54) is 43.4 Å². The highest BCUT2D eigenvalue weighted by molar-refractivity contribution is 6.06. The van der Waals surface area contributed by atoms with Crippen LogP contribution in [0.15, 0.2) is 75.2 Å². The van der Waals surface area contributed by atoms with Crippen LogP contribution in [0.2, 0.25) is 0 Å². The molecule has 0 radical (unpaired) electrons. The van der Waals surface area contributed by atoms with Gasteiger partial charge < -0.3 is 26.0 Å². The quantitative estimate of drug-likeness (QED) is 0.181. The van der Waals surface area contributed by atoms with Crippen molar-refractivity contribution >= 4 is 28.9 Å². The fraction of sp³-hybridized carbons (Fsp3) is 0.226. The number of urea groups is 1. The summed E-state index contributed by atoms with van der Waals surface area (Å²) in [6.07, 6.45) is -5.01.